The van der Waals surface area contributed by atoms with E-state index in [1.165, 1.54) is 0 Å². The Morgan fingerprint density at radius 1 is 1.50 bits per heavy atom. The highest BCUT2D eigenvalue weighted by atomic mass is 79.9. The summed E-state index contributed by atoms with van der Waals surface area (Å²) in [6.07, 6.45) is 6.03. The average molecular weight is 251 g/mol. The Hall–Kier alpha value is -1.07. The van der Waals surface area contributed by atoms with Crippen LogP contribution in [0.2, 0.25) is 0 Å². The lowest BCUT2D eigenvalue weighted by Gasteiger charge is -2.01. The summed E-state index contributed by atoms with van der Waals surface area (Å²) in [6, 6.07) is 5.67. The predicted molar refractivity (Wildman–Crippen MR) is 61.3 cm³/mol. The van der Waals surface area contributed by atoms with Crippen LogP contribution in [-0.4, -0.2) is 5.78 Å². The minimum absolute atomic E-state index is 0.104. The van der Waals surface area contributed by atoms with Gasteiger partial charge in [-0.3, -0.25) is 4.79 Å². The van der Waals surface area contributed by atoms with Gasteiger partial charge in [-0.2, -0.15) is 0 Å². The molecular weight excluding hydrogens is 240 g/mol. The summed E-state index contributed by atoms with van der Waals surface area (Å²) < 4.78 is 0.932. The van der Waals surface area contributed by atoms with E-state index < -0.39 is 0 Å². The van der Waals surface area contributed by atoms with Gasteiger partial charge >= 0.3 is 0 Å². The molecule has 1 rings (SSSR count). The third-order valence-electron chi connectivity index (χ3n) is 1.86. The van der Waals surface area contributed by atoms with Crippen molar-refractivity contribution in [3.8, 4) is 12.3 Å². The number of ketones is 1. The molecule has 0 spiro atoms. The molecule has 0 aromatic heterocycles. The van der Waals surface area contributed by atoms with Gasteiger partial charge in [0.25, 0.3) is 0 Å². The number of aryl methyl sites for hydroxylation is 1. The minimum atomic E-state index is 0.104. The largest absolute Gasteiger partial charge is 0.294 e. The number of hydrogen-bond acceptors (Lipinski definition) is 1. The van der Waals surface area contributed by atoms with Crippen molar-refractivity contribution in [1.82, 2.24) is 0 Å². The van der Waals surface area contributed by atoms with Gasteiger partial charge in [-0.1, -0.05) is 15.9 Å². The number of carbonyl (C=O) groups excluding carboxylic acids is 1. The van der Waals surface area contributed by atoms with Crippen molar-refractivity contribution in [3.05, 3.63) is 33.8 Å². The van der Waals surface area contributed by atoms with Crippen LogP contribution in [0.15, 0.2) is 22.7 Å². The zero-order chi connectivity index (χ0) is 10.6. The maximum Gasteiger partial charge on any atom is 0.163 e. The van der Waals surface area contributed by atoms with Crippen LogP contribution >= 0.6 is 15.9 Å². The van der Waals surface area contributed by atoms with E-state index in [1.807, 2.05) is 25.1 Å². The van der Waals surface area contributed by atoms with Crippen LogP contribution in [0.5, 0.6) is 0 Å². The molecule has 0 radical (unpaired) electrons. The zero-order valence-corrected chi connectivity index (χ0v) is 9.60. The molecule has 0 aliphatic carbocycles. The van der Waals surface area contributed by atoms with Crippen LogP contribution in [-0.2, 0) is 0 Å². The maximum atomic E-state index is 11.6. The summed E-state index contributed by atoms with van der Waals surface area (Å²) in [6.45, 7) is 1.96. The molecule has 0 bridgehead atoms. The van der Waals surface area contributed by atoms with Gasteiger partial charge in [0.1, 0.15) is 0 Å². The molecule has 0 fully saturated rings. The van der Waals surface area contributed by atoms with Crippen LogP contribution in [0.4, 0.5) is 0 Å². The highest BCUT2D eigenvalue weighted by molar-refractivity contribution is 9.10. The monoisotopic (exact) mass is 250 g/mol. The Morgan fingerprint density at radius 3 is 2.79 bits per heavy atom. The zero-order valence-electron chi connectivity index (χ0n) is 8.01. The van der Waals surface area contributed by atoms with Gasteiger partial charge in [0, 0.05) is 22.9 Å². The number of halogens is 1. The summed E-state index contributed by atoms with van der Waals surface area (Å²) in [5.41, 5.74) is 1.80. The van der Waals surface area contributed by atoms with E-state index in [0.29, 0.717) is 12.8 Å². The summed E-state index contributed by atoms with van der Waals surface area (Å²) in [5, 5.41) is 0. The second kappa shape index (κ2) is 4.97. The summed E-state index contributed by atoms with van der Waals surface area (Å²) in [7, 11) is 0. The molecule has 0 heterocycles. The predicted octanol–water partition coefficient (Wildman–Crippen LogP) is 3.35. The van der Waals surface area contributed by atoms with Crippen LogP contribution in [0.1, 0.15) is 28.8 Å². The van der Waals surface area contributed by atoms with Crippen molar-refractivity contribution in [3.63, 3.8) is 0 Å². The third kappa shape index (κ3) is 3.01. The van der Waals surface area contributed by atoms with E-state index in [9.17, 15) is 4.79 Å². The number of benzene rings is 1. The molecular formula is C12H11BrO. The van der Waals surface area contributed by atoms with Crippen LogP contribution in [0, 0.1) is 19.3 Å². The fourth-order valence-corrected chi connectivity index (χ4v) is 1.84. The topological polar surface area (TPSA) is 17.1 Å². The quantitative estimate of drug-likeness (QED) is 0.594. The Balaban J connectivity index is 2.85. The van der Waals surface area contributed by atoms with Gasteiger partial charge in [0.05, 0.1) is 0 Å². The fourth-order valence-electron chi connectivity index (χ4n) is 1.23. The standard InChI is InChI=1S/C12H11BrO/c1-3-4-5-12(14)10-6-9(2)7-11(13)8-10/h1,6-8H,4-5H2,2H3. The SMILES string of the molecule is C#CCCC(=O)c1cc(C)cc(Br)c1. The Bertz CT molecular complexity index is 368. The summed E-state index contributed by atoms with van der Waals surface area (Å²) in [4.78, 5) is 11.6. The van der Waals surface area contributed by atoms with Crippen LogP contribution in [0.25, 0.3) is 0 Å². The first-order valence-corrected chi connectivity index (χ1v) is 5.16. The van der Waals surface area contributed by atoms with Crippen molar-refractivity contribution in [1.29, 1.82) is 0 Å². The minimum Gasteiger partial charge on any atom is -0.294 e. The average Bonchev–Trinajstić information content (AvgIpc) is 2.12. The first-order valence-electron chi connectivity index (χ1n) is 4.37. The van der Waals surface area contributed by atoms with E-state index in [4.69, 9.17) is 6.42 Å². The van der Waals surface area contributed by atoms with E-state index >= 15 is 0 Å². The molecule has 0 atom stereocenters. The van der Waals surface area contributed by atoms with Crippen molar-refractivity contribution in [2.24, 2.45) is 0 Å². The molecule has 0 saturated carbocycles. The number of carbonyl (C=O) groups is 1. The third-order valence-corrected chi connectivity index (χ3v) is 2.32. The normalized spacial score (nSPS) is 9.50. The first-order chi connectivity index (χ1) is 6.63. The summed E-state index contributed by atoms with van der Waals surface area (Å²) in [5.74, 6) is 2.57. The Labute approximate surface area is 92.6 Å². The second-order valence-corrected chi connectivity index (χ2v) is 4.06. The van der Waals surface area contributed by atoms with Crippen LogP contribution < -0.4 is 0 Å². The molecule has 0 N–H and O–H groups in total. The maximum absolute atomic E-state index is 11.6. The molecule has 0 unspecified atom stereocenters. The Morgan fingerprint density at radius 2 is 2.21 bits per heavy atom. The molecule has 1 aromatic carbocycles. The highest BCUT2D eigenvalue weighted by Gasteiger charge is 2.05. The number of Topliss-reactive ketones (excluding diaryl/α,β-unsaturated/α-hetero) is 1. The van der Waals surface area contributed by atoms with Gasteiger partial charge in [-0.15, -0.1) is 12.3 Å². The molecule has 1 aromatic rings. The first kappa shape index (κ1) is 11.0. The lowest BCUT2D eigenvalue weighted by molar-refractivity contribution is 0.0984. The van der Waals surface area contributed by atoms with E-state index in [1.54, 1.807) is 0 Å². The Kier molecular flexibility index (Phi) is 3.91. The lowest BCUT2D eigenvalue weighted by atomic mass is 10.0. The molecule has 1 nitrogen and oxygen atoms in total. The van der Waals surface area contributed by atoms with Gasteiger partial charge < -0.3 is 0 Å². The molecule has 14 heavy (non-hydrogen) atoms. The van der Waals surface area contributed by atoms with E-state index in [-0.39, 0.29) is 5.78 Å². The second-order valence-electron chi connectivity index (χ2n) is 3.14. The van der Waals surface area contributed by atoms with Gasteiger partial charge in [0.2, 0.25) is 0 Å². The van der Waals surface area contributed by atoms with Crippen molar-refractivity contribution in [2.75, 3.05) is 0 Å². The van der Waals surface area contributed by atoms with Gasteiger partial charge in [0.15, 0.2) is 5.78 Å². The fraction of sp³-hybridized carbons (Fsp3) is 0.250. The molecule has 0 aliphatic heterocycles. The molecule has 2 heteroatoms. The number of rotatable bonds is 3. The number of terminal acetylenes is 1. The molecule has 0 saturated heterocycles. The van der Waals surface area contributed by atoms with Crippen LogP contribution in [0.3, 0.4) is 0 Å². The molecule has 72 valence electrons. The van der Waals surface area contributed by atoms with Crippen molar-refractivity contribution in [2.45, 2.75) is 19.8 Å². The summed E-state index contributed by atoms with van der Waals surface area (Å²) >= 11 is 3.36. The van der Waals surface area contributed by atoms with Crippen molar-refractivity contribution >= 4 is 21.7 Å². The molecule has 0 amide bonds. The van der Waals surface area contributed by atoms with E-state index in [0.717, 1.165) is 15.6 Å². The smallest absolute Gasteiger partial charge is 0.163 e. The van der Waals surface area contributed by atoms with Gasteiger partial charge in [-0.05, 0) is 30.7 Å². The molecule has 0 aliphatic rings. The van der Waals surface area contributed by atoms with Gasteiger partial charge in [-0.25, -0.2) is 0 Å². The highest BCUT2D eigenvalue weighted by Crippen LogP contribution is 2.16. The van der Waals surface area contributed by atoms with E-state index in [2.05, 4.69) is 21.9 Å². The number of hydrogen-bond donors (Lipinski definition) is 0. The van der Waals surface area contributed by atoms with Crippen molar-refractivity contribution < 1.29 is 4.79 Å². The lowest BCUT2D eigenvalue weighted by Crippen LogP contribution is -1.98.